The molecular weight excluding hydrogens is 302 g/mol. The lowest BCUT2D eigenvalue weighted by Gasteiger charge is -2.17. The van der Waals surface area contributed by atoms with E-state index in [4.69, 9.17) is 4.74 Å². The van der Waals surface area contributed by atoms with Crippen LogP contribution >= 0.6 is 0 Å². The zero-order valence-corrected chi connectivity index (χ0v) is 14.7. The number of aromatic nitrogens is 3. The number of hydrogen-bond donors (Lipinski definition) is 0. The van der Waals surface area contributed by atoms with E-state index < -0.39 is 0 Å². The standard InChI is InChI=1S/C19H25N3O2/c1-13-11-18-20-14(2)17(15(3)22(18)21-13)9-10-19(23)24-12-16-7-5-4-6-8-16/h4-5,11,16H,6-10,12H2,1-3H3. The van der Waals surface area contributed by atoms with Crippen LogP contribution in [0.3, 0.4) is 0 Å². The third-order valence-corrected chi connectivity index (χ3v) is 4.72. The molecule has 24 heavy (non-hydrogen) atoms. The van der Waals surface area contributed by atoms with Crippen LogP contribution in [0.4, 0.5) is 0 Å². The summed E-state index contributed by atoms with van der Waals surface area (Å²) in [5.41, 5.74) is 4.91. The number of nitrogens with zero attached hydrogens (tertiary/aromatic N) is 3. The summed E-state index contributed by atoms with van der Waals surface area (Å²) in [6.45, 7) is 6.52. The van der Waals surface area contributed by atoms with E-state index in [1.54, 1.807) is 0 Å². The summed E-state index contributed by atoms with van der Waals surface area (Å²) in [4.78, 5) is 16.7. The molecule has 0 aliphatic heterocycles. The molecule has 2 aromatic heterocycles. The first-order chi connectivity index (χ1) is 11.5. The summed E-state index contributed by atoms with van der Waals surface area (Å²) in [5.74, 6) is 0.354. The van der Waals surface area contributed by atoms with E-state index in [-0.39, 0.29) is 5.97 Å². The van der Waals surface area contributed by atoms with Crippen molar-refractivity contribution < 1.29 is 9.53 Å². The van der Waals surface area contributed by atoms with Gasteiger partial charge >= 0.3 is 5.97 Å². The lowest BCUT2D eigenvalue weighted by Crippen LogP contribution is -2.16. The third-order valence-electron chi connectivity index (χ3n) is 4.72. The molecular formula is C19H25N3O2. The Balaban J connectivity index is 1.60. The van der Waals surface area contributed by atoms with E-state index in [0.717, 1.165) is 47.6 Å². The van der Waals surface area contributed by atoms with Crippen molar-refractivity contribution in [1.82, 2.24) is 14.6 Å². The van der Waals surface area contributed by atoms with E-state index in [2.05, 4.69) is 22.2 Å². The fourth-order valence-electron chi connectivity index (χ4n) is 3.32. The predicted molar refractivity (Wildman–Crippen MR) is 93.0 cm³/mol. The van der Waals surface area contributed by atoms with Crippen molar-refractivity contribution >= 4 is 11.6 Å². The van der Waals surface area contributed by atoms with Gasteiger partial charge < -0.3 is 4.74 Å². The molecule has 0 radical (unpaired) electrons. The summed E-state index contributed by atoms with van der Waals surface area (Å²) in [7, 11) is 0. The van der Waals surface area contributed by atoms with Crippen molar-refractivity contribution in [2.45, 2.75) is 52.9 Å². The molecule has 1 aliphatic rings. The van der Waals surface area contributed by atoms with Gasteiger partial charge in [0.2, 0.25) is 0 Å². The van der Waals surface area contributed by atoms with E-state index in [0.29, 0.717) is 25.4 Å². The highest BCUT2D eigenvalue weighted by Crippen LogP contribution is 2.19. The Morgan fingerprint density at radius 3 is 2.92 bits per heavy atom. The molecule has 2 heterocycles. The number of hydrogen-bond acceptors (Lipinski definition) is 4. The normalized spacial score (nSPS) is 17.4. The second-order valence-electron chi connectivity index (χ2n) is 6.65. The van der Waals surface area contributed by atoms with Crippen molar-refractivity contribution in [2.75, 3.05) is 6.61 Å². The van der Waals surface area contributed by atoms with Gasteiger partial charge in [-0.1, -0.05) is 12.2 Å². The van der Waals surface area contributed by atoms with Crippen LogP contribution in [0, 0.1) is 26.7 Å². The number of carbonyl (C=O) groups is 1. The second kappa shape index (κ2) is 7.16. The maximum atomic E-state index is 12.1. The lowest BCUT2D eigenvalue weighted by atomic mass is 9.95. The molecule has 5 nitrogen and oxygen atoms in total. The lowest BCUT2D eigenvalue weighted by molar-refractivity contribution is -0.145. The number of allylic oxidation sites excluding steroid dienone is 2. The first kappa shape index (κ1) is 16.7. The third kappa shape index (κ3) is 3.66. The van der Waals surface area contributed by atoms with Crippen molar-refractivity contribution in [1.29, 1.82) is 0 Å². The van der Waals surface area contributed by atoms with E-state index in [1.165, 1.54) is 0 Å². The summed E-state index contributed by atoms with van der Waals surface area (Å²) in [6.07, 6.45) is 8.63. The van der Waals surface area contributed by atoms with Gasteiger partial charge in [0.1, 0.15) is 0 Å². The second-order valence-corrected chi connectivity index (χ2v) is 6.65. The van der Waals surface area contributed by atoms with Gasteiger partial charge in [0.05, 0.1) is 12.3 Å². The van der Waals surface area contributed by atoms with Gasteiger partial charge in [-0.25, -0.2) is 9.50 Å². The topological polar surface area (TPSA) is 56.5 Å². The number of esters is 1. The maximum absolute atomic E-state index is 12.1. The molecule has 0 fully saturated rings. The van der Waals surface area contributed by atoms with Crippen molar-refractivity contribution in [2.24, 2.45) is 5.92 Å². The van der Waals surface area contributed by atoms with Gasteiger partial charge in [0.25, 0.3) is 0 Å². The summed E-state index contributed by atoms with van der Waals surface area (Å²) in [5, 5.41) is 4.47. The Labute approximate surface area is 142 Å². The Morgan fingerprint density at radius 1 is 1.33 bits per heavy atom. The molecule has 1 aliphatic carbocycles. The smallest absolute Gasteiger partial charge is 0.306 e. The van der Waals surface area contributed by atoms with Crippen LogP contribution in [0.5, 0.6) is 0 Å². The van der Waals surface area contributed by atoms with Crippen LogP contribution in [0.25, 0.3) is 5.65 Å². The van der Waals surface area contributed by atoms with Crippen LogP contribution in [-0.2, 0) is 16.0 Å². The highest BCUT2D eigenvalue weighted by Gasteiger charge is 2.15. The molecule has 0 aromatic carbocycles. The Kier molecular flexibility index (Phi) is 4.97. The van der Waals surface area contributed by atoms with Crippen LogP contribution < -0.4 is 0 Å². The zero-order chi connectivity index (χ0) is 17.1. The number of aryl methyl sites for hydroxylation is 3. The quantitative estimate of drug-likeness (QED) is 0.623. The fourth-order valence-corrected chi connectivity index (χ4v) is 3.32. The van der Waals surface area contributed by atoms with Gasteiger partial charge in [-0.15, -0.1) is 0 Å². The molecule has 0 spiro atoms. The van der Waals surface area contributed by atoms with Crippen LogP contribution in [0.1, 0.15) is 48.3 Å². The van der Waals surface area contributed by atoms with Crippen LogP contribution in [0.15, 0.2) is 18.2 Å². The minimum absolute atomic E-state index is 0.125. The van der Waals surface area contributed by atoms with Crippen LogP contribution in [-0.4, -0.2) is 27.2 Å². The molecule has 0 N–H and O–H groups in total. The number of ether oxygens (including phenoxy) is 1. The van der Waals surface area contributed by atoms with Gasteiger partial charge in [-0.2, -0.15) is 5.10 Å². The highest BCUT2D eigenvalue weighted by atomic mass is 16.5. The number of fused-ring (bicyclic) bond motifs is 1. The van der Waals surface area contributed by atoms with Gasteiger partial charge in [0.15, 0.2) is 5.65 Å². The first-order valence-electron chi connectivity index (χ1n) is 8.67. The van der Waals surface area contributed by atoms with Gasteiger partial charge in [0, 0.05) is 23.9 Å². The molecule has 0 bridgehead atoms. The molecule has 1 atom stereocenters. The maximum Gasteiger partial charge on any atom is 0.306 e. The Hall–Kier alpha value is -2.17. The van der Waals surface area contributed by atoms with Crippen molar-refractivity contribution in [3.05, 3.63) is 40.9 Å². The molecule has 1 unspecified atom stereocenters. The Bertz CT molecular complexity index is 777. The Morgan fingerprint density at radius 2 is 2.17 bits per heavy atom. The zero-order valence-electron chi connectivity index (χ0n) is 14.7. The molecule has 3 rings (SSSR count). The van der Waals surface area contributed by atoms with Crippen molar-refractivity contribution in [3.63, 3.8) is 0 Å². The summed E-state index contributed by atoms with van der Waals surface area (Å²) >= 11 is 0. The SMILES string of the molecule is Cc1cc2nc(C)c(CCC(=O)OCC3CC=CCC3)c(C)n2n1. The predicted octanol–water partition coefficient (Wildman–Crippen LogP) is 3.49. The molecule has 2 aromatic rings. The summed E-state index contributed by atoms with van der Waals surface area (Å²) < 4.78 is 7.32. The summed E-state index contributed by atoms with van der Waals surface area (Å²) in [6, 6.07) is 1.97. The van der Waals surface area contributed by atoms with Crippen molar-refractivity contribution in [3.8, 4) is 0 Å². The van der Waals surface area contributed by atoms with E-state index in [1.807, 2.05) is 31.4 Å². The molecule has 0 saturated carbocycles. The van der Waals surface area contributed by atoms with Gasteiger partial charge in [-0.3, -0.25) is 4.79 Å². The molecule has 0 amide bonds. The first-order valence-corrected chi connectivity index (χ1v) is 8.67. The minimum Gasteiger partial charge on any atom is -0.465 e. The number of rotatable bonds is 5. The average molecular weight is 327 g/mol. The van der Waals surface area contributed by atoms with Gasteiger partial charge in [-0.05, 0) is 57.9 Å². The van der Waals surface area contributed by atoms with E-state index >= 15 is 0 Å². The van der Waals surface area contributed by atoms with E-state index in [9.17, 15) is 4.79 Å². The van der Waals surface area contributed by atoms with Crippen LogP contribution in [0.2, 0.25) is 0 Å². The highest BCUT2D eigenvalue weighted by molar-refractivity contribution is 5.69. The molecule has 5 heteroatoms. The molecule has 0 saturated heterocycles. The monoisotopic (exact) mass is 327 g/mol. The minimum atomic E-state index is -0.125. The average Bonchev–Trinajstić information content (AvgIpc) is 2.94. The largest absolute Gasteiger partial charge is 0.465 e. The molecule has 128 valence electrons. The number of carbonyl (C=O) groups excluding carboxylic acids is 1. The fraction of sp³-hybridized carbons (Fsp3) is 0.526.